The number of amides is 1. The second-order valence-electron chi connectivity index (χ2n) is 6.68. The zero-order valence-corrected chi connectivity index (χ0v) is 17.5. The van der Waals surface area contributed by atoms with E-state index in [4.69, 9.17) is 16.3 Å². The van der Waals surface area contributed by atoms with Gasteiger partial charge in [-0.1, -0.05) is 23.4 Å². The Bertz CT molecular complexity index is 750. The van der Waals surface area contributed by atoms with Gasteiger partial charge in [0, 0.05) is 49.2 Å². The smallest absolute Gasteiger partial charge is 0.223 e. The molecule has 0 atom stereocenters. The van der Waals surface area contributed by atoms with Crippen molar-refractivity contribution in [2.45, 2.75) is 29.2 Å². The van der Waals surface area contributed by atoms with E-state index in [0.717, 1.165) is 53.1 Å². The van der Waals surface area contributed by atoms with E-state index in [-0.39, 0.29) is 11.8 Å². The SMILES string of the molecule is COCCCNC(=O)C1CCN(c2ccc(Sc3ccc(Cl)cc3)nn2)CC1. The maximum atomic E-state index is 12.2. The monoisotopic (exact) mass is 420 g/mol. The lowest BCUT2D eigenvalue weighted by Gasteiger charge is -2.31. The van der Waals surface area contributed by atoms with Gasteiger partial charge in [0.15, 0.2) is 5.82 Å². The van der Waals surface area contributed by atoms with Crippen LogP contribution < -0.4 is 10.2 Å². The molecule has 1 aromatic heterocycles. The van der Waals surface area contributed by atoms with E-state index in [2.05, 4.69) is 20.4 Å². The first kappa shape index (κ1) is 20.9. The molecule has 6 nitrogen and oxygen atoms in total. The highest BCUT2D eigenvalue weighted by Gasteiger charge is 2.25. The molecule has 0 radical (unpaired) electrons. The van der Waals surface area contributed by atoms with Gasteiger partial charge in [-0.2, -0.15) is 0 Å². The predicted molar refractivity (Wildman–Crippen MR) is 112 cm³/mol. The molecule has 0 unspecified atom stereocenters. The molecule has 1 N–H and O–H groups in total. The molecule has 8 heteroatoms. The number of nitrogens with one attached hydrogen (secondary N) is 1. The molecule has 1 aliphatic rings. The average molecular weight is 421 g/mol. The highest BCUT2D eigenvalue weighted by Crippen LogP contribution is 2.28. The highest BCUT2D eigenvalue weighted by molar-refractivity contribution is 7.99. The second kappa shape index (κ2) is 10.6. The molecule has 1 saturated heterocycles. The summed E-state index contributed by atoms with van der Waals surface area (Å²) in [7, 11) is 1.67. The number of rotatable bonds is 8. The number of hydrogen-bond donors (Lipinski definition) is 1. The van der Waals surface area contributed by atoms with Crippen molar-refractivity contribution < 1.29 is 9.53 Å². The van der Waals surface area contributed by atoms with Crippen molar-refractivity contribution in [3.63, 3.8) is 0 Å². The molecule has 1 aliphatic heterocycles. The number of piperidine rings is 1. The van der Waals surface area contributed by atoms with Crippen molar-refractivity contribution in [2.75, 3.05) is 38.3 Å². The Morgan fingerprint density at radius 2 is 1.96 bits per heavy atom. The minimum Gasteiger partial charge on any atom is -0.385 e. The van der Waals surface area contributed by atoms with Crippen LogP contribution in [-0.2, 0) is 9.53 Å². The third-order valence-electron chi connectivity index (χ3n) is 4.68. The number of aromatic nitrogens is 2. The van der Waals surface area contributed by atoms with E-state index in [1.165, 1.54) is 0 Å². The Morgan fingerprint density at radius 1 is 1.21 bits per heavy atom. The molecule has 2 heterocycles. The zero-order chi connectivity index (χ0) is 19.8. The Kier molecular flexibility index (Phi) is 7.94. The molecule has 0 aliphatic carbocycles. The molecular weight excluding hydrogens is 396 g/mol. The van der Waals surface area contributed by atoms with E-state index in [1.54, 1.807) is 18.9 Å². The fraction of sp³-hybridized carbons (Fsp3) is 0.450. The summed E-state index contributed by atoms with van der Waals surface area (Å²) in [5, 5.41) is 13.3. The molecule has 150 valence electrons. The van der Waals surface area contributed by atoms with E-state index >= 15 is 0 Å². The molecular formula is C20H25ClN4O2S. The van der Waals surface area contributed by atoms with Crippen molar-refractivity contribution in [3.8, 4) is 0 Å². The summed E-state index contributed by atoms with van der Waals surface area (Å²) in [6.45, 7) is 2.97. The first-order chi connectivity index (χ1) is 13.7. The van der Waals surface area contributed by atoms with Gasteiger partial charge in [0.05, 0.1) is 0 Å². The van der Waals surface area contributed by atoms with Gasteiger partial charge in [0.2, 0.25) is 5.91 Å². The molecule has 2 aromatic rings. The number of carbonyl (C=O) groups excluding carboxylic acids is 1. The van der Waals surface area contributed by atoms with Crippen molar-refractivity contribution in [1.29, 1.82) is 0 Å². The van der Waals surface area contributed by atoms with Gasteiger partial charge in [-0.15, -0.1) is 10.2 Å². The first-order valence-corrected chi connectivity index (χ1v) is 10.6. The van der Waals surface area contributed by atoms with Crippen LogP contribution >= 0.6 is 23.4 Å². The number of hydrogen-bond acceptors (Lipinski definition) is 6. The van der Waals surface area contributed by atoms with Gasteiger partial charge < -0.3 is 15.0 Å². The van der Waals surface area contributed by atoms with E-state index in [1.807, 2.05) is 36.4 Å². The fourth-order valence-corrected chi connectivity index (χ4v) is 3.96. The van der Waals surface area contributed by atoms with Crippen LogP contribution in [0.1, 0.15) is 19.3 Å². The minimum absolute atomic E-state index is 0.0755. The standard InChI is InChI=1S/C20H25ClN4O2S/c1-27-14-2-11-22-20(26)15-9-12-25(13-10-15)18-7-8-19(24-23-18)28-17-5-3-16(21)4-6-17/h3-8,15H,2,9-14H2,1H3,(H,22,26). The van der Waals surface area contributed by atoms with E-state index in [9.17, 15) is 4.79 Å². The lowest BCUT2D eigenvalue weighted by atomic mass is 9.96. The molecule has 0 bridgehead atoms. The number of carbonyl (C=O) groups is 1. The van der Waals surface area contributed by atoms with Crippen molar-refractivity contribution in [1.82, 2.24) is 15.5 Å². The van der Waals surface area contributed by atoms with Crippen LogP contribution in [0.3, 0.4) is 0 Å². The van der Waals surface area contributed by atoms with Crippen LogP contribution in [-0.4, -0.2) is 49.5 Å². The summed E-state index contributed by atoms with van der Waals surface area (Å²) in [6, 6.07) is 11.6. The Morgan fingerprint density at radius 3 is 2.61 bits per heavy atom. The molecule has 0 spiro atoms. The fourth-order valence-electron chi connectivity index (χ4n) is 3.10. The maximum Gasteiger partial charge on any atom is 0.223 e. The second-order valence-corrected chi connectivity index (χ2v) is 8.21. The van der Waals surface area contributed by atoms with Crippen LogP contribution in [0.15, 0.2) is 46.3 Å². The maximum absolute atomic E-state index is 12.2. The Hall–Kier alpha value is -1.83. The van der Waals surface area contributed by atoms with Crippen LogP contribution in [0.4, 0.5) is 5.82 Å². The molecule has 1 amide bonds. The molecule has 1 aromatic carbocycles. The minimum atomic E-state index is 0.0755. The average Bonchev–Trinajstić information content (AvgIpc) is 2.73. The van der Waals surface area contributed by atoms with Crippen molar-refractivity contribution >= 4 is 35.1 Å². The lowest BCUT2D eigenvalue weighted by molar-refractivity contribution is -0.125. The summed E-state index contributed by atoms with van der Waals surface area (Å²) in [5.41, 5.74) is 0. The van der Waals surface area contributed by atoms with Crippen LogP contribution in [0.2, 0.25) is 5.02 Å². The predicted octanol–water partition coefficient (Wildman–Crippen LogP) is 3.65. The van der Waals surface area contributed by atoms with Gasteiger partial charge in [0.1, 0.15) is 5.03 Å². The number of ether oxygens (including phenoxy) is 1. The number of benzene rings is 1. The lowest BCUT2D eigenvalue weighted by Crippen LogP contribution is -2.41. The van der Waals surface area contributed by atoms with Gasteiger partial charge >= 0.3 is 0 Å². The first-order valence-electron chi connectivity index (χ1n) is 9.44. The Balaban J connectivity index is 1.46. The molecule has 3 rings (SSSR count). The molecule has 0 saturated carbocycles. The number of methoxy groups -OCH3 is 1. The van der Waals surface area contributed by atoms with Gasteiger partial charge in [-0.3, -0.25) is 4.79 Å². The third-order valence-corrected chi connectivity index (χ3v) is 5.86. The van der Waals surface area contributed by atoms with Gasteiger partial charge in [-0.25, -0.2) is 0 Å². The zero-order valence-electron chi connectivity index (χ0n) is 15.9. The third kappa shape index (κ3) is 6.09. The van der Waals surface area contributed by atoms with Gasteiger partial charge in [0.25, 0.3) is 0 Å². The summed E-state index contributed by atoms with van der Waals surface area (Å²) in [5.74, 6) is 1.09. The van der Waals surface area contributed by atoms with E-state index < -0.39 is 0 Å². The molecule has 28 heavy (non-hydrogen) atoms. The summed E-state index contributed by atoms with van der Waals surface area (Å²) in [4.78, 5) is 15.5. The summed E-state index contributed by atoms with van der Waals surface area (Å²) < 4.78 is 5.00. The summed E-state index contributed by atoms with van der Waals surface area (Å²) >= 11 is 7.47. The number of anilines is 1. The number of nitrogens with zero attached hydrogens (tertiary/aromatic N) is 3. The van der Waals surface area contributed by atoms with Crippen LogP contribution in [0.5, 0.6) is 0 Å². The van der Waals surface area contributed by atoms with Crippen molar-refractivity contribution in [3.05, 3.63) is 41.4 Å². The van der Waals surface area contributed by atoms with Crippen molar-refractivity contribution in [2.24, 2.45) is 5.92 Å². The normalized spacial score (nSPS) is 14.9. The van der Waals surface area contributed by atoms with E-state index in [0.29, 0.717) is 13.2 Å². The molecule has 1 fully saturated rings. The van der Waals surface area contributed by atoms with Crippen LogP contribution in [0, 0.1) is 5.92 Å². The quantitative estimate of drug-likeness (QED) is 0.657. The largest absolute Gasteiger partial charge is 0.385 e. The number of halogens is 1. The highest BCUT2D eigenvalue weighted by atomic mass is 35.5. The van der Waals surface area contributed by atoms with Gasteiger partial charge in [-0.05, 0) is 55.7 Å². The van der Waals surface area contributed by atoms with Crippen LogP contribution in [0.25, 0.3) is 0 Å². The topological polar surface area (TPSA) is 67.3 Å². The Labute approximate surface area is 175 Å². The summed E-state index contributed by atoms with van der Waals surface area (Å²) in [6.07, 6.45) is 2.51.